The minimum atomic E-state index is -0.790. The lowest BCUT2D eigenvalue weighted by Crippen LogP contribution is -2.39. The van der Waals surface area contributed by atoms with Gasteiger partial charge in [0.1, 0.15) is 0 Å². The Morgan fingerprint density at radius 2 is 2.07 bits per heavy atom. The molecule has 1 heterocycles. The molecule has 0 bridgehead atoms. The van der Waals surface area contributed by atoms with Crippen molar-refractivity contribution in [3.63, 3.8) is 0 Å². The van der Waals surface area contributed by atoms with Crippen molar-refractivity contribution in [3.8, 4) is 0 Å². The number of hydrogen-bond donors (Lipinski definition) is 2. The Morgan fingerprint density at radius 1 is 1.33 bits per heavy atom. The Labute approximate surface area is 88.7 Å². The zero-order chi connectivity index (χ0) is 11.3. The van der Waals surface area contributed by atoms with Crippen molar-refractivity contribution >= 4 is 11.9 Å². The van der Waals surface area contributed by atoms with Crippen molar-refractivity contribution in [3.05, 3.63) is 0 Å². The molecule has 0 aromatic heterocycles. The van der Waals surface area contributed by atoms with Crippen LogP contribution in [0.15, 0.2) is 0 Å². The lowest BCUT2D eigenvalue weighted by Gasteiger charge is -2.30. The first kappa shape index (κ1) is 12.0. The van der Waals surface area contributed by atoms with E-state index in [9.17, 15) is 9.59 Å². The van der Waals surface area contributed by atoms with Gasteiger partial charge in [0, 0.05) is 13.0 Å². The summed E-state index contributed by atoms with van der Waals surface area (Å²) in [7, 11) is 0. The smallest absolute Gasteiger partial charge is 0.307 e. The topological polar surface area (TPSA) is 77.8 Å². The molecule has 0 radical (unpaired) electrons. The summed E-state index contributed by atoms with van der Waals surface area (Å²) in [5, 5.41) is 17.3. The van der Waals surface area contributed by atoms with Gasteiger partial charge < -0.3 is 15.1 Å². The van der Waals surface area contributed by atoms with Crippen LogP contribution in [0.2, 0.25) is 0 Å². The second kappa shape index (κ2) is 5.70. The van der Waals surface area contributed by atoms with Crippen LogP contribution in [0.25, 0.3) is 0 Å². The molecule has 5 nitrogen and oxygen atoms in total. The van der Waals surface area contributed by atoms with E-state index in [4.69, 9.17) is 10.2 Å². The van der Waals surface area contributed by atoms with Crippen LogP contribution in [-0.4, -0.2) is 46.7 Å². The van der Waals surface area contributed by atoms with Crippen molar-refractivity contribution in [2.45, 2.75) is 25.7 Å². The molecule has 5 heteroatoms. The van der Waals surface area contributed by atoms with Gasteiger partial charge in [0.15, 0.2) is 0 Å². The Morgan fingerprint density at radius 3 is 2.67 bits per heavy atom. The van der Waals surface area contributed by atoms with E-state index in [1.807, 2.05) is 4.90 Å². The van der Waals surface area contributed by atoms with E-state index in [0.29, 0.717) is 19.5 Å². The van der Waals surface area contributed by atoms with Crippen LogP contribution in [0.3, 0.4) is 0 Å². The monoisotopic (exact) mass is 215 g/mol. The molecule has 0 saturated carbocycles. The van der Waals surface area contributed by atoms with E-state index in [0.717, 1.165) is 19.4 Å². The first-order valence-electron chi connectivity index (χ1n) is 5.26. The number of carbonyl (C=O) groups is 2. The third-order valence-corrected chi connectivity index (χ3v) is 2.72. The van der Waals surface area contributed by atoms with E-state index < -0.39 is 11.9 Å². The van der Waals surface area contributed by atoms with E-state index in [-0.39, 0.29) is 12.3 Å². The van der Waals surface area contributed by atoms with E-state index >= 15 is 0 Å². The lowest BCUT2D eigenvalue weighted by atomic mass is 9.98. The predicted molar refractivity (Wildman–Crippen MR) is 53.7 cm³/mol. The molecule has 1 unspecified atom stereocenters. The molecule has 0 spiro atoms. The van der Waals surface area contributed by atoms with Crippen molar-refractivity contribution in [2.75, 3.05) is 19.6 Å². The fraction of sp³-hybridized carbons (Fsp3) is 0.800. The van der Waals surface area contributed by atoms with Crippen molar-refractivity contribution < 1.29 is 19.8 Å². The van der Waals surface area contributed by atoms with Crippen molar-refractivity contribution in [1.82, 2.24) is 4.90 Å². The van der Waals surface area contributed by atoms with Gasteiger partial charge >= 0.3 is 11.9 Å². The molecule has 1 aliphatic rings. The first-order valence-corrected chi connectivity index (χ1v) is 5.26. The van der Waals surface area contributed by atoms with Crippen LogP contribution in [0, 0.1) is 5.92 Å². The quantitative estimate of drug-likeness (QED) is 0.704. The van der Waals surface area contributed by atoms with Gasteiger partial charge in [-0.3, -0.25) is 9.59 Å². The molecule has 2 N–H and O–H groups in total. The van der Waals surface area contributed by atoms with Gasteiger partial charge in [0.05, 0.1) is 5.92 Å². The highest BCUT2D eigenvalue weighted by Gasteiger charge is 2.24. The minimum absolute atomic E-state index is 0.161. The maximum absolute atomic E-state index is 10.8. The Kier molecular flexibility index (Phi) is 4.55. The van der Waals surface area contributed by atoms with Crippen molar-refractivity contribution in [1.29, 1.82) is 0 Å². The summed E-state index contributed by atoms with van der Waals surface area (Å²) in [6, 6.07) is 0. The standard InChI is InChI=1S/C10H17NO4/c12-9(13)4-2-6-11-5-1-3-8(7-11)10(14)15/h8H,1-7H2,(H,12,13)(H,14,15). The summed E-state index contributed by atoms with van der Waals surface area (Å²) in [5.74, 6) is -1.80. The molecule has 0 aromatic carbocycles. The molecule has 1 rings (SSSR count). The zero-order valence-corrected chi connectivity index (χ0v) is 8.69. The number of nitrogens with zero attached hydrogens (tertiary/aromatic N) is 1. The van der Waals surface area contributed by atoms with E-state index in [1.165, 1.54) is 0 Å². The molecule has 86 valence electrons. The number of carboxylic acid groups (broad SMARTS) is 2. The predicted octanol–water partition coefficient (Wildman–Crippen LogP) is 0.648. The SMILES string of the molecule is O=C(O)CCCN1CCCC(C(=O)O)C1. The molecule has 0 aromatic rings. The molecule has 1 fully saturated rings. The number of likely N-dealkylation sites (tertiary alicyclic amines) is 1. The second-order valence-corrected chi connectivity index (χ2v) is 3.98. The average Bonchev–Trinajstić information content (AvgIpc) is 2.17. The lowest BCUT2D eigenvalue weighted by molar-refractivity contribution is -0.144. The van der Waals surface area contributed by atoms with Crippen LogP contribution in [-0.2, 0) is 9.59 Å². The number of aliphatic carboxylic acids is 2. The molecule has 1 atom stereocenters. The summed E-state index contributed by atoms with van der Waals surface area (Å²) in [4.78, 5) is 23.1. The Bertz CT molecular complexity index is 242. The van der Waals surface area contributed by atoms with Crippen LogP contribution in [0.1, 0.15) is 25.7 Å². The summed E-state index contributed by atoms with van der Waals surface area (Å²) in [6.07, 6.45) is 2.39. The van der Waals surface area contributed by atoms with Gasteiger partial charge in [-0.05, 0) is 32.4 Å². The van der Waals surface area contributed by atoms with Crippen molar-refractivity contribution in [2.24, 2.45) is 5.92 Å². The largest absolute Gasteiger partial charge is 0.481 e. The molecule has 15 heavy (non-hydrogen) atoms. The summed E-state index contributed by atoms with van der Waals surface area (Å²) in [6.45, 7) is 2.15. The van der Waals surface area contributed by atoms with Crippen LogP contribution < -0.4 is 0 Å². The number of carboxylic acids is 2. The highest BCUT2D eigenvalue weighted by Crippen LogP contribution is 2.16. The van der Waals surface area contributed by atoms with Gasteiger partial charge in [-0.2, -0.15) is 0 Å². The normalized spacial score (nSPS) is 22.5. The maximum atomic E-state index is 10.8. The Hall–Kier alpha value is -1.10. The fourth-order valence-electron chi connectivity index (χ4n) is 1.91. The first-order chi connectivity index (χ1) is 7.09. The highest BCUT2D eigenvalue weighted by molar-refractivity contribution is 5.70. The van der Waals surface area contributed by atoms with E-state index in [2.05, 4.69) is 0 Å². The highest BCUT2D eigenvalue weighted by atomic mass is 16.4. The van der Waals surface area contributed by atoms with Gasteiger partial charge in [-0.15, -0.1) is 0 Å². The number of rotatable bonds is 5. The van der Waals surface area contributed by atoms with Crippen LogP contribution >= 0.6 is 0 Å². The third kappa shape index (κ3) is 4.29. The zero-order valence-electron chi connectivity index (χ0n) is 8.69. The summed E-state index contributed by atoms with van der Waals surface area (Å²) < 4.78 is 0. The molecule has 0 aliphatic carbocycles. The minimum Gasteiger partial charge on any atom is -0.481 e. The van der Waals surface area contributed by atoms with Crippen LogP contribution in [0.4, 0.5) is 0 Å². The average molecular weight is 215 g/mol. The molecule has 1 saturated heterocycles. The van der Waals surface area contributed by atoms with Crippen LogP contribution in [0.5, 0.6) is 0 Å². The number of piperidine rings is 1. The molecular formula is C10H17NO4. The number of hydrogen-bond acceptors (Lipinski definition) is 3. The third-order valence-electron chi connectivity index (χ3n) is 2.72. The summed E-state index contributed by atoms with van der Waals surface area (Å²) >= 11 is 0. The van der Waals surface area contributed by atoms with Gasteiger partial charge in [0.2, 0.25) is 0 Å². The summed E-state index contributed by atoms with van der Waals surface area (Å²) in [5.41, 5.74) is 0. The Balaban J connectivity index is 2.24. The van der Waals surface area contributed by atoms with Gasteiger partial charge in [0.25, 0.3) is 0 Å². The fourth-order valence-corrected chi connectivity index (χ4v) is 1.91. The maximum Gasteiger partial charge on any atom is 0.307 e. The molecule has 1 aliphatic heterocycles. The van der Waals surface area contributed by atoms with E-state index in [1.54, 1.807) is 0 Å². The van der Waals surface area contributed by atoms with Gasteiger partial charge in [-0.25, -0.2) is 0 Å². The second-order valence-electron chi connectivity index (χ2n) is 3.98. The molecule has 0 amide bonds. The molecular weight excluding hydrogens is 198 g/mol. The van der Waals surface area contributed by atoms with Gasteiger partial charge in [-0.1, -0.05) is 0 Å².